The van der Waals surface area contributed by atoms with Gasteiger partial charge in [-0.1, -0.05) is 53.7 Å². The SMILES string of the molecule is O=C(CSc1nc2ccccc2n1Cc1ccc(Cl)cc1)N/N=C\c1ccccn1. The van der Waals surface area contributed by atoms with Crippen molar-refractivity contribution in [3.05, 3.63) is 89.2 Å². The second-order valence-corrected chi connectivity index (χ2v) is 7.81. The first-order valence-corrected chi connectivity index (χ1v) is 10.6. The highest BCUT2D eigenvalue weighted by Gasteiger charge is 2.13. The Kier molecular flexibility index (Phi) is 6.41. The van der Waals surface area contributed by atoms with Gasteiger partial charge in [0.2, 0.25) is 0 Å². The molecule has 0 radical (unpaired) electrons. The molecule has 0 bridgehead atoms. The molecule has 0 aliphatic rings. The fourth-order valence-electron chi connectivity index (χ4n) is 2.87. The van der Waals surface area contributed by atoms with Gasteiger partial charge in [0.25, 0.3) is 5.91 Å². The number of thioether (sulfide) groups is 1. The van der Waals surface area contributed by atoms with Crippen molar-refractivity contribution < 1.29 is 4.79 Å². The van der Waals surface area contributed by atoms with Crippen LogP contribution in [0.15, 0.2) is 83.2 Å². The lowest BCUT2D eigenvalue weighted by atomic mass is 10.2. The Morgan fingerprint density at radius 1 is 1.10 bits per heavy atom. The van der Waals surface area contributed by atoms with Crippen molar-refractivity contribution in [3.8, 4) is 0 Å². The van der Waals surface area contributed by atoms with Gasteiger partial charge in [-0.2, -0.15) is 5.10 Å². The highest BCUT2D eigenvalue weighted by molar-refractivity contribution is 7.99. The van der Waals surface area contributed by atoms with Crippen LogP contribution in [0.5, 0.6) is 0 Å². The molecule has 4 rings (SSSR count). The normalized spacial score (nSPS) is 11.2. The van der Waals surface area contributed by atoms with Crippen molar-refractivity contribution in [2.24, 2.45) is 5.10 Å². The van der Waals surface area contributed by atoms with Gasteiger partial charge in [-0.25, -0.2) is 10.4 Å². The van der Waals surface area contributed by atoms with Crippen LogP contribution in [-0.4, -0.2) is 32.4 Å². The van der Waals surface area contributed by atoms with Crippen LogP contribution in [0.3, 0.4) is 0 Å². The summed E-state index contributed by atoms with van der Waals surface area (Å²) < 4.78 is 2.10. The van der Waals surface area contributed by atoms with E-state index in [0.717, 1.165) is 21.8 Å². The Labute approximate surface area is 183 Å². The number of carbonyl (C=O) groups excluding carboxylic acids is 1. The molecule has 1 amide bonds. The lowest BCUT2D eigenvalue weighted by molar-refractivity contribution is -0.118. The second-order valence-electron chi connectivity index (χ2n) is 6.43. The number of aromatic nitrogens is 3. The number of rotatable bonds is 7. The molecule has 0 unspecified atom stereocenters. The summed E-state index contributed by atoms with van der Waals surface area (Å²) in [5, 5.41) is 5.43. The molecule has 0 fully saturated rings. The van der Waals surface area contributed by atoms with Crippen LogP contribution in [0.25, 0.3) is 11.0 Å². The molecule has 4 aromatic rings. The Morgan fingerprint density at radius 2 is 1.90 bits per heavy atom. The van der Waals surface area contributed by atoms with Gasteiger partial charge in [0.05, 0.1) is 35.2 Å². The van der Waals surface area contributed by atoms with E-state index in [1.165, 1.54) is 18.0 Å². The number of imidazole rings is 1. The summed E-state index contributed by atoms with van der Waals surface area (Å²) in [4.78, 5) is 21.0. The van der Waals surface area contributed by atoms with E-state index >= 15 is 0 Å². The van der Waals surface area contributed by atoms with Gasteiger partial charge in [0.1, 0.15) is 0 Å². The number of hydrogen-bond donors (Lipinski definition) is 1. The van der Waals surface area contributed by atoms with E-state index in [-0.39, 0.29) is 11.7 Å². The number of para-hydroxylation sites is 2. The standard InChI is InChI=1S/C22H18ClN5OS/c23-17-10-8-16(9-11-17)14-28-20-7-2-1-6-19(20)26-22(28)30-15-21(29)27-25-13-18-5-3-4-12-24-18/h1-13H,14-15H2,(H,27,29)/b25-13-. The number of halogens is 1. The first kappa shape index (κ1) is 20.1. The van der Waals surface area contributed by atoms with E-state index in [1.807, 2.05) is 66.7 Å². The lowest BCUT2D eigenvalue weighted by Crippen LogP contribution is -2.20. The number of nitrogens with one attached hydrogen (secondary N) is 1. The highest BCUT2D eigenvalue weighted by Crippen LogP contribution is 2.25. The van der Waals surface area contributed by atoms with Crippen molar-refractivity contribution in [1.29, 1.82) is 0 Å². The van der Waals surface area contributed by atoms with E-state index < -0.39 is 0 Å². The summed E-state index contributed by atoms with van der Waals surface area (Å²) in [5.41, 5.74) is 6.22. The minimum atomic E-state index is -0.211. The molecule has 8 heteroatoms. The number of fused-ring (bicyclic) bond motifs is 1. The molecule has 2 aromatic heterocycles. The molecule has 30 heavy (non-hydrogen) atoms. The van der Waals surface area contributed by atoms with Gasteiger partial charge in [0, 0.05) is 11.2 Å². The molecule has 0 aliphatic carbocycles. The molecule has 2 heterocycles. The van der Waals surface area contributed by atoms with Gasteiger partial charge in [-0.3, -0.25) is 9.78 Å². The second kappa shape index (κ2) is 9.56. The van der Waals surface area contributed by atoms with Crippen LogP contribution in [0, 0.1) is 0 Å². The van der Waals surface area contributed by atoms with E-state index in [9.17, 15) is 4.79 Å². The molecular formula is C22H18ClN5OS. The van der Waals surface area contributed by atoms with Crippen LogP contribution in [0.2, 0.25) is 5.02 Å². The third-order valence-electron chi connectivity index (χ3n) is 4.28. The Balaban J connectivity index is 1.46. The van der Waals surface area contributed by atoms with Crippen LogP contribution in [0.1, 0.15) is 11.3 Å². The van der Waals surface area contributed by atoms with Crippen LogP contribution in [-0.2, 0) is 11.3 Å². The number of benzene rings is 2. The van der Waals surface area contributed by atoms with E-state index in [1.54, 1.807) is 6.20 Å². The van der Waals surface area contributed by atoms with Gasteiger partial charge in [0.15, 0.2) is 5.16 Å². The van der Waals surface area contributed by atoms with Gasteiger partial charge in [-0.15, -0.1) is 0 Å². The Bertz CT molecular complexity index is 1180. The molecule has 1 N–H and O–H groups in total. The molecule has 0 spiro atoms. The van der Waals surface area contributed by atoms with E-state index in [0.29, 0.717) is 17.3 Å². The fourth-order valence-corrected chi connectivity index (χ4v) is 3.81. The molecule has 2 aromatic carbocycles. The molecule has 0 saturated heterocycles. The molecule has 150 valence electrons. The average Bonchev–Trinajstić information content (AvgIpc) is 3.12. The minimum absolute atomic E-state index is 0.198. The third kappa shape index (κ3) is 5.06. The average molecular weight is 436 g/mol. The Morgan fingerprint density at radius 3 is 2.70 bits per heavy atom. The van der Waals surface area contributed by atoms with Crippen molar-refractivity contribution in [3.63, 3.8) is 0 Å². The maximum atomic E-state index is 12.2. The molecular weight excluding hydrogens is 418 g/mol. The van der Waals surface area contributed by atoms with Gasteiger partial charge in [-0.05, 0) is 42.0 Å². The Hall–Kier alpha value is -3.16. The quantitative estimate of drug-likeness (QED) is 0.266. The third-order valence-corrected chi connectivity index (χ3v) is 5.51. The molecule has 6 nitrogen and oxygen atoms in total. The zero-order chi connectivity index (χ0) is 20.8. The van der Waals surface area contributed by atoms with Crippen LogP contribution >= 0.6 is 23.4 Å². The number of hydrazone groups is 1. The fraction of sp³-hybridized carbons (Fsp3) is 0.0909. The molecule has 0 saturated carbocycles. The van der Waals surface area contributed by atoms with Crippen LogP contribution < -0.4 is 5.43 Å². The smallest absolute Gasteiger partial charge is 0.250 e. The number of amides is 1. The van der Waals surface area contributed by atoms with Crippen molar-refractivity contribution in [1.82, 2.24) is 20.0 Å². The predicted molar refractivity (Wildman–Crippen MR) is 121 cm³/mol. The minimum Gasteiger partial charge on any atom is -0.314 e. The van der Waals surface area contributed by atoms with Crippen molar-refractivity contribution in [2.75, 3.05) is 5.75 Å². The summed E-state index contributed by atoms with van der Waals surface area (Å²) in [6.45, 7) is 0.638. The zero-order valence-electron chi connectivity index (χ0n) is 15.9. The van der Waals surface area contributed by atoms with Crippen LogP contribution in [0.4, 0.5) is 0 Å². The first-order chi connectivity index (χ1) is 14.7. The highest BCUT2D eigenvalue weighted by atomic mass is 35.5. The number of carbonyl (C=O) groups is 1. The summed E-state index contributed by atoms with van der Waals surface area (Å²) in [7, 11) is 0. The maximum Gasteiger partial charge on any atom is 0.250 e. The van der Waals surface area contributed by atoms with Crippen molar-refractivity contribution >= 4 is 46.5 Å². The predicted octanol–water partition coefficient (Wildman–Crippen LogP) is 4.38. The summed E-state index contributed by atoms with van der Waals surface area (Å²) >= 11 is 7.38. The molecule has 0 aliphatic heterocycles. The lowest BCUT2D eigenvalue weighted by Gasteiger charge is -2.09. The van der Waals surface area contributed by atoms with Gasteiger partial charge >= 0.3 is 0 Å². The van der Waals surface area contributed by atoms with Crippen molar-refractivity contribution in [2.45, 2.75) is 11.7 Å². The summed E-state index contributed by atoms with van der Waals surface area (Å²) in [6.07, 6.45) is 3.18. The monoisotopic (exact) mass is 435 g/mol. The van der Waals surface area contributed by atoms with E-state index in [4.69, 9.17) is 16.6 Å². The first-order valence-electron chi connectivity index (χ1n) is 9.24. The maximum absolute atomic E-state index is 12.2. The zero-order valence-corrected chi connectivity index (χ0v) is 17.5. The number of nitrogens with zero attached hydrogens (tertiary/aromatic N) is 4. The summed E-state index contributed by atoms with van der Waals surface area (Å²) in [5.74, 6) is -0.0129. The topological polar surface area (TPSA) is 72.2 Å². The largest absolute Gasteiger partial charge is 0.314 e. The van der Waals surface area contributed by atoms with Gasteiger partial charge < -0.3 is 4.57 Å². The number of hydrogen-bond acceptors (Lipinski definition) is 5. The summed E-state index contributed by atoms with van der Waals surface area (Å²) in [6, 6.07) is 21.1. The number of pyridine rings is 1. The van der Waals surface area contributed by atoms with E-state index in [2.05, 4.69) is 20.1 Å². The molecule has 0 atom stereocenters.